The van der Waals surface area contributed by atoms with Gasteiger partial charge in [0.25, 0.3) is 5.91 Å². The second-order valence-electron chi connectivity index (χ2n) is 8.30. The van der Waals surface area contributed by atoms with Crippen LogP contribution in [0.1, 0.15) is 41.6 Å². The summed E-state index contributed by atoms with van der Waals surface area (Å²) in [7, 11) is 0. The highest BCUT2D eigenvalue weighted by atomic mass is 19.2. The van der Waals surface area contributed by atoms with Crippen LogP contribution in [-0.2, 0) is 17.9 Å². The van der Waals surface area contributed by atoms with E-state index < -0.39 is 23.7 Å². The van der Waals surface area contributed by atoms with Gasteiger partial charge in [-0.2, -0.15) is 5.10 Å². The van der Waals surface area contributed by atoms with Gasteiger partial charge in [-0.25, -0.2) is 13.2 Å². The Hall–Kier alpha value is -2.84. The van der Waals surface area contributed by atoms with Gasteiger partial charge in [0.1, 0.15) is 6.67 Å². The van der Waals surface area contributed by atoms with E-state index in [1.165, 1.54) is 29.2 Å². The summed E-state index contributed by atoms with van der Waals surface area (Å²) >= 11 is 0. The van der Waals surface area contributed by atoms with Crippen molar-refractivity contribution in [2.24, 2.45) is 5.41 Å². The van der Waals surface area contributed by atoms with E-state index in [9.17, 15) is 22.8 Å². The molecule has 2 fully saturated rings. The summed E-state index contributed by atoms with van der Waals surface area (Å²) < 4.78 is 41.5. The Bertz CT molecular complexity index is 969. The first-order valence-electron chi connectivity index (χ1n) is 10.5. The average molecular weight is 434 g/mol. The van der Waals surface area contributed by atoms with Crippen LogP contribution in [0.4, 0.5) is 13.2 Å². The summed E-state index contributed by atoms with van der Waals surface area (Å²) in [4.78, 5) is 29.3. The number of piperidine rings is 2. The molecule has 0 atom stereocenters. The molecule has 166 valence electrons. The Kier molecular flexibility index (Phi) is 6.02. The summed E-state index contributed by atoms with van der Waals surface area (Å²) in [6, 6.07) is 4.00. The molecule has 1 aromatic heterocycles. The minimum Gasteiger partial charge on any atom is -0.338 e. The van der Waals surface area contributed by atoms with Crippen LogP contribution in [0.3, 0.4) is 0 Å². The number of aryl methyl sites for hydroxylation is 1. The molecule has 0 saturated carbocycles. The molecule has 0 unspecified atom stereocenters. The lowest BCUT2D eigenvalue weighted by Crippen LogP contribution is -2.54. The zero-order valence-electron chi connectivity index (χ0n) is 17.2. The number of halogens is 3. The number of hydrogen-bond acceptors (Lipinski definition) is 3. The van der Waals surface area contributed by atoms with E-state index in [4.69, 9.17) is 0 Å². The Morgan fingerprint density at radius 1 is 1.13 bits per heavy atom. The lowest BCUT2D eigenvalue weighted by molar-refractivity contribution is -0.150. The molecule has 1 spiro atoms. The maximum Gasteiger partial charge on any atom is 0.257 e. The van der Waals surface area contributed by atoms with E-state index in [1.807, 2.05) is 0 Å². The number of benzene rings is 1. The van der Waals surface area contributed by atoms with Crippen molar-refractivity contribution in [2.45, 2.75) is 38.8 Å². The van der Waals surface area contributed by atoms with Gasteiger partial charge in [-0.15, -0.1) is 0 Å². The van der Waals surface area contributed by atoms with Crippen molar-refractivity contribution < 1.29 is 22.8 Å². The quantitative estimate of drug-likeness (QED) is 0.727. The number of aromatic nitrogens is 2. The third-order valence-corrected chi connectivity index (χ3v) is 6.42. The molecule has 0 N–H and O–H groups in total. The van der Waals surface area contributed by atoms with Gasteiger partial charge in [0.15, 0.2) is 11.6 Å². The van der Waals surface area contributed by atoms with E-state index in [1.54, 1.807) is 9.80 Å². The third-order valence-electron chi connectivity index (χ3n) is 6.42. The summed E-state index contributed by atoms with van der Waals surface area (Å²) in [6.45, 7) is 0.960. The van der Waals surface area contributed by atoms with Crippen molar-refractivity contribution in [1.29, 1.82) is 0 Å². The molecular formula is C22H25F3N4O2. The second kappa shape index (κ2) is 8.72. The number of nitrogens with zero attached hydrogens (tertiary/aromatic N) is 4. The largest absolute Gasteiger partial charge is 0.338 e. The molecule has 2 aromatic rings. The number of amides is 2. The fourth-order valence-corrected chi connectivity index (χ4v) is 4.65. The van der Waals surface area contributed by atoms with E-state index in [0.717, 1.165) is 18.9 Å². The average Bonchev–Trinajstić information content (AvgIpc) is 3.24. The molecule has 0 radical (unpaired) electrons. The fraction of sp³-hybridized carbons (Fsp3) is 0.500. The SMILES string of the molecule is O=C(c1cnn(CCF)c1)N1CCC2(CCCN(Cc3cccc(F)c3F)C2=O)CC1. The van der Waals surface area contributed by atoms with Gasteiger partial charge in [0.05, 0.1) is 23.7 Å². The van der Waals surface area contributed by atoms with Crippen LogP contribution in [-0.4, -0.2) is 57.7 Å². The highest BCUT2D eigenvalue weighted by molar-refractivity contribution is 5.94. The maximum absolute atomic E-state index is 14.1. The normalized spacial score (nSPS) is 18.6. The molecule has 3 heterocycles. The van der Waals surface area contributed by atoms with Crippen LogP contribution in [0, 0.1) is 17.0 Å². The molecular weight excluding hydrogens is 409 g/mol. The topological polar surface area (TPSA) is 58.4 Å². The Balaban J connectivity index is 1.41. The van der Waals surface area contributed by atoms with Crippen LogP contribution < -0.4 is 0 Å². The van der Waals surface area contributed by atoms with Crippen LogP contribution in [0.25, 0.3) is 0 Å². The zero-order valence-corrected chi connectivity index (χ0v) is 17.2. The molecule has 2 saturated heterocycles. The van der Waals surface area contributed by atoms with Gasteiger partial charge in [0, 0.05) is 37.9 Å². The van der Waals surface area contributed by atoms with Gasteiger partial charge in [-0.1, -0.05) is 12.1 Å². The second-order valence-corrected chi connectivity index (χ2v) is 8.30. The first kappa shape index (κ1) is 21.4. The molecule has 9 heteroatoms. The Labute approximate surface area is 178 Å². The Morgan fingerprint density at radius 2 is 1.90 bits per heavy atom. The van der Waals surface area contributed by atoms with Crippen molar-refractivity contribution in [2.75, 3.05) is 26.3 Å². The standard InChI is InChI=1S/C22H25F3N4O2/c23-8-12-29-15-17(13-26-29)20(30)27-10-6-22(7-11-27)5-2-9-28(21(22)31)14-16-3-1-4-18(24)19(16)25/h1,3-4,13,15H,2,5-12,14H2. The monoisotopic (exact) mass is 434 g/mol. The van der Waals surface area contributed by atoms with Crippen LogP contribution in [0.15, 0.2) is 30.6 Å². The molecule has 6 nitrogen and oxygen atoms in total. The van der Waals surface area contributed by atoms with Crippen LogP contribution in [0.5, 0.6) is 0 Å². The number of hydrogen-bond donors (Lipinski definition) is 0. The van der Waals surface area contributed by atoms with Crippen molar-refractivity contribution in [3.63, 3.8) is 0 Å². The van der Waals surface area contributed by atoms with Gasteiger partial charge in [0.2, 0.25) is 5.91 Å². The predicted molar refractivity (Wildman–Crippen MR) is 107 cm³/mol. The molecule has 4 rings (SSSR count). The molecule has 1 aromatic carbocycles. The van der Waals surface area contributed by atoms with Crippen LogP contribution in [0.2, 0.25) is 0 Å². The van der Waals surface area contributed by atoms with Gasteiger partial charge >= 0.3 is 0 Å². The van der Waals surface area contributed by atoms with Crippen molar-refractivity contribution in [3.05, 3.63) is 53.4 Å². The maximum atomic E-state index is 14.1. The van der Waals surface area contributed by atoms with E-state index in [-0.39, 0.29) is 30.5 Å². The summed E-state index contributed by atoms with van der Waals surface area (Å²) in [5.74, 6) is -2.06. The molecule has 2 aliphatic heterocycles. The lowest BCUT2D eigenvalue weighted by Gasteiger charge is -2.46. The smallest absolute Gasteiger partial charge is 0.257 e. The van der Waals surface area contributed by atoms with Crippen LogP contribution >= 0.6 is 0 Å². The molecule has 2 aliphatic rings. The molecule has 0 bridgehead atoms. The molecule has 0 aliphatic carbocycles. The number of likely N-dealkylation sites (tertiary alicyclic amines) is 2. The van der Waals surface area contributed by atoms with E-state index in [2.05, 4.69) is 5.10 Å². The Morgan fingerprint density at radius 3 is 2.65 bits per heavy atom. The minimum absolute atomic E-state index is 0.0422. The number of rotatable bonds is 5. The third kappa shape index (κ3) is 4.18. The zero-order chi connectivity index (χ0) is 22.0. The highest BCUT2D eigenvalue weighted by Crippen LogP contribution is 2.41. The summed E-state index contributed by atoms with van der Waals surface area (Å²) in [5, 5.41) is 3.99. The lowest BCUT2D eigenvalue weighted by atomic mass is 9.71. The number of alkyl halides is 1. The predicted octanol–water partition coefficient (Wildman–Crippen LogP) is 3.18. The number of carbonyl (C=O) groups excluding carboxylic acids is 2. The first-order chi connectivity index (χ1) is 14.9. The first-order valence-corrected chi connectivity index (χ1v) is 10.5. The van der Waals surface area contributed by atoms with Gasteiger partial charge < -0.3 is 9.80 Å². The van der Waals surface area contributed by atoms with Crippen molar-refractivity contribution in [1.82, 2.24) is 19.6 Å². The minimum atomic E-state index is -0.918. The van der Waals surface area contributed by atoms with E-state index >= 15 is 0 Å². The van der Waals surface area contributed by atoms with Gasteiger partial charge in [-0.05, 0) is 31.7 Å². The van der Waals surface area contributed by atoms with Gasteiger partial charge in [-0.3, -0.25) is 14.3 Å². The summed E-state index contributed by atoms with van der Waals surface area (Å²) in [5.41, 5.74) is 0.00271. The van der Waals surface area contributed by atoms with Crippen molar-refractivity contribution in [3.8, 4) is 0 Å². The summed E-state index contributed by atoms with van der Waals surface area (Å²) in [6.07, 6.45) is 5.53. The van der Waals surface area contributed by atoms with E-state index in [0.29, 0.717) is 38.0 Å². The fourth-order valence-electron chi connectivity index (χ4n) is 4.65. The number of carbonyl (C=O) groups is 2. The van der Waals surface area contributed by atoms with Crippen molar-refractivity contribution >= 4 is 11.8 Å². The molecule has 31 heavy (non-hydrogen) atoms. The highest BCUT2D eigenvalue weighted by Gasteiger charge is 2.46. The molecule has 2 amide bonds.